The Hall–Kier alpha value is -2.20. The number of carbonyl (C=O) groups excluding carboxylic acids is 1. The summed E-state index contributed by atoms with van der Waals surface area (Å²) in [6.07, 6.45) is 0.317. The summed E-state index contributed by atoms with van der Waals surface area (Å²) in [6, 6.07) is -1.70. The lowest BCUT2D eigenvalue weighted by Crippen LogP contribution is -2.34. The number of nitrogens with two attached hydrogens (primary N) is 1. The molecule has 10 heteroatoms. The molecule has 10 nitrogen and oxygen atoms in total. The summed E-state index contributed by atoms with van der Waals surface area (Å²) in [5.74, 6) is -3.27. The minimum absolute atomic E-state index is 0.112. The summed E-state index contributed by atoms with van der Waals surface area (Å²) < 4.78 is 0. The summed E-state index contributed by atoms with van der Waals surface area (Å²) >= 11 is 0. The fourth-order valence-electron chi connectivity index (χ4n) is 1.19. The number of carboxylic acid groups (broad SMARTS) is 3. The lowest BCUT2D eigenvalue weighted by Gasteiger charge is -2.07. The Morgan fingerprint density at radius 2 is 1.50 bits per heavy atom. The van der Waals surface area contributed by atoms with E-state index in [1.807, 2.05) is 0 Å². The van der Waals surface area contributed by atoms with Crippen LogP contribution < -0.4 is 16.4 Å². The number of hydrogen-bond acceptors (Lipinski definition) is 6. The molecular weight excluding hydrogens is 298 g/mol. The number of carbonyl (C=O) groups is 4. The molecular formula is C12H23N3O7. The highest BCUT2D eigenvalue weighted by Gasteiger charge is 2.15. The molecule has 0 fully saturated rings. The summed E-state index contributed by atoms with van der Waals surface area (Å²) in [7, 11) is 2.98. The number of carboxylic acids is 3. The smallest absolute Gasteiger partial charge is 0.320 e. The molecule has 0 bridgehead atoms. The van der Waals surface area contributed by atoms with Gasteiger partial charge in [0, 0.05) is 19.9 Å². The van der Waals surface area contributed by atoms with Crippen LogP contribution in [-0.2, 0) is 19.2 Å². The molecule has 0 unspecified atom stereocenters. The summed E-state index contributed by atoms with van der Waals surface area (Å²) in [5, 5.41) is 29.8. The molecule has 0 aliphatic heterocycles. The second kappa shape index (κ2) is 12.5. The van der Waals surface area contributed by atoms with E-state index in [-0.39, 0.29) is 31.6 Å². The van der Waals surface area contributed by atoms with Crippen LogP contribution in [0.5, 0.6) is 0 Å². The second-order valence-electron chi connectivity index (χ2n) is 4.27. The molecule has 0 saturated heterocycles. The molecule has 0 saturated carbocycles. The van der Waals surface area contributed by atoms with Crippen LogP contribution in [0.1, 0.15) is 25.7 Å². The van der Waals surface area contributed by atoms with E-state index in [4.69, 9.17) is 21.1 Å². The Bertz CT molecular complexity index is 387. The van der Waals surface area contributed by atoms with E-state index in [2.05, 4.69) is 10.6 Å². The minimum Gasteiger partial charge on any atom is -0.481 e. The van der Waals surface area contributed by atoms with E-state index in [0.717, 1.165) is 0 Å². The predicted octanol–water partition coefficient (Wildman–Crippen LogP) is -1.55. The fraction of sp³-hybridized carbons (Fsp3) is 0.667. The monoisotopic (exact) mass is 321 g/mol. The molecule has 22 heavy (non-hydrogen) atoms. The topological polar surface area (TPSA) is 179 Å². The van der Waals surface area contributed by atoms with Crippen molar-refractivity contribution in [2.24, 2.45) is 5.73 Å². The van der Waals surface area contributed by atoms with Gasteiger partial charge in [-0.1, -0.05) is 0 Å². The third kappa shape index (κ3) is 12.8. The zero-order chi connectivity index (χ0) is 17.7. The van der Waals surface area contributed by atoms with Crippen LogP contribution in [0.3, 0.4) is 0 Å². The molecule has 0 spiro atoms. The molecule has 2 atom stereocenters. The van der Waals surface area contributed by atoms with Crippen molar-refractivity contribution in [3.63, 3.8) is 0 Å². The van der Waals surface area contributed by atoms with Gasteiger partial charge in [-0.3, -0.25) is 19.2 Å². The minimum atomic E-state index is -1.08. The molecule has 0 rings (SSSR count). The normalized spacial score (nSPS) is 12.3. The molecule has 0 aromatic rings. The molecule has 1 amide bonds. The van der Waals surface area contributed by atoms with E-state index < -0.39 is 30.0 Å². The Morgan fingerprint density at radius 3 is 1.82 bits per heavy atom. The molecule has 0 aliphatic carbocycles. The predicted molar refractivity (Wildman–Crippen MR) is 76.3 cm³/mol. The van der Waals surface area contributed by atoms with Crippen LogP contribution >= 0.6 is 0 Å². The number of aliphatic carboxylic acids is 3. The number of rotatable bonds is 9. The van der Waals surface area contributed by atoms with Crippen LogP contribution in [0.15, 0.2) is 0 Å². The van der Waals surface area contributed by atoms with Gasteiger partial charge in [0.1, 0.15) is 12.1 Å². The van der Waals surface area contributed by atoms with Crippen molar-refractivity contribution >= 4 is 23.8 Å². The average molecular weight is 321 g/mol. The Kier molecular flexibility index (Phi) is 12.6. The molecule has 0 aromatic heterocycles. The molecule has 7 N–H and O–H groups in total. The van der Waals surface area contributed by atoms with Crippen molar-refractivity contribution in [3.8, 4) is 0 Å². The summed E-state index contributed by atoms with van der Waals surface area (Å²) in [6.45, 7) is 0. The first kappa shape index (κ1) is 22.1. The van der Waals surface area contributed by atoms with Crippen molar-refractivity contribution in [2.75, 3.05) is 14.1 Å². The van der Waals surface area contributed by atoms with Gasteiger partial charge in [-0.25, -0.2) is 0 Å². The van der Waals surface area contributed by atoms with Crippen molar-refractivity contribution in [1.82, 2.24) is 10.6 Å². The van der Waals surface area contributed by atoms with Gasteiger partial charge in [-0.05, 0) is 19.9 Å². The highest BCUT2D eigenvalue weighted by Crippen LogP contribution is 1.96. The van der Waals surface area contributed by atoms with Crippen molar-refractivity contribution in [3.05, 3.63) is 0 Å². The van der Waals surface area contributed by atoms with Gasteiger partial charge in [0.15, 0.2) is 0 Å². The third-order valence-electron chi connectivity index (χ3n) is 2.57. The van der Waals surface area contributed by atoms with E-state index in [0.29, 0.717) is 0 Å². The molecule has 0 aliphatic rings. The second-order valence-corrected chi connectivity index (χ2v) is 4.27. The van der Waals surface area contributed by atoms with Gasteiger partial charge in [0.25, 0.3) is 0 Å². The van der Waals surface area contributed by atoms with Gasteiger partial charge < -0.3 is 31.7 Å². The van der Waals surface area contributed by atoms with Gasteiger partial charge in [0.2, 0.25) is 5.91 Å². The van der Waals surface area contributed by atoms with Crippen molar-refractivity contribution in [1.29, 1.82) is 0 Å². The lowest BCUT2D eigenvalue weighted by atomic mass is 10.1. The van der Waals surface area contributed by atoms with Crippen molar-refractivity contribution in [2.45, 2.75) is 37.8 Å². The van der Waals surface area contributed by atoms with Crippen LogP contribution in [0.25, 0.3) is 0 Å². The fourth-order valence-corrected chi connectivity index (χ4v) is 1.19. The maximum Gasteiger partial charge on any atom is 0.320 e. The maximum atomic E-state index is 10.6. The number of hydrogen-bond donors (Lipinski definition) is 6. The SMILES string of the molecule is CNC(=O)CC[C@H](N)C(=O)O.CN[C@@H](CCC(=O)O)C(=O)O. The highest BCUT2D eigenvalue weighted by atomic mass is 16.4. The number of likely N-dealkylation sites (N-methyl/N-ethyl adjacent to an activating group) is 1. The zero-order valence-electron chi connectivity index (χ0n) is 12.5. The number of amides is 1. The van der Waals surface area contributed by atoms with Crippen LogP contribution in [0, 0.1) is 0 Å². The summed E-state index contributed by atoms with van der Waals surface area (Å²) in [5.41, 5.74) is 5.14. The zero-order valence-corrected chi connectivity index (χ0v) is 12.5. The molecule has 128 valence electrons. The van der Waals surface area contributed by atoms with E-state index >= 15 is 0 Å². The van der Waals surface area contributed by atoms with Gasteiger partial charge in [-0.15, -0.1) is 0 Å². The Balaban J connectivity index is 0. The Morgan fingerprint density at radius 1 is 0.955 bits per heavy atom. The van der Waals surface area contributed by atoms with Crippen LogP contribution in [-0.4, -0.2) is 65.3 Å². The first-order chi connectivity index (χ1) is 10.1. The summed E-state index contributed by atoms with van der Waals surface area (Å²) in [4.78, 5) is 41.0. The molecule has 0 radical (unpaired) electrons. The molecule has 0 heterocycles. The van der Waals surface area contributed by atoms with Crippen LogP contribution in [0.2, 0.25) is 0 Å². The largest absolute Gasteiger partial charge is 0.481 e. The first-order valence-corrected chi connectivity index (χ1v) is 6.46. The quantitative estimate of drug-likeness (QED) is 0.293. The van der Waals surface area contributed by atoms with Crippen LogP contribution in [0.4, 0.5) is 0 Å². The van der Waals surface area contributed by atoms with Gasteiger partial charge in [0.05, 0.1) is 0 Å². The van der Waals surface area contributed by atoms with E-state index in [9.17, 15) is 19.2 Å². The third-order valence-corrected chi connectivity index (χ3v) is 2.57. The van der Waals surface area contributed by atoms with Crippen molar-refractivity contribution < 1.29 is 34.5 Å². The molecule has 0 aromatic carbocycles. The average Bonchev–Trinajstić information content (AvgIpc) is 2.44. The Labute approximate surface area is 127 Å². The lowest BCUT2D eigenvalue weighted by molar-refractivity contribution is -0.141. The van der Waals surface area contributed by atoms with E-state index in [1.165, 1.54) is 14.1 Å². The first-order valence-electron chi connectivity index (χ1n) is 6.46. The standard InChI is InChI=1S/C6H12N2O3.C6H11NO4/c1-8-5(9)3-2-4(7)6(10)11;1-7-4(6(10)11)2-3-5(8)9/h4H,2-3,7H2,1H3,(H,8,9)(H,10,11);4,7H,2-3H2,1H3,(H,8,9)(H,10,11)/t2*4-/m00/s1. The van der Waals surface area contributed by atoms with Gasteiger partial charge in [-0.2, -0.15) is 0 Å². The number of nitrogens with one attached hydrogen (secondary N) is 2. The maximum absolute atomic E-state index is 10.6. The van der Waals surface area contributed by atoms with E-state index in [1.54, 1.807) is 0 Å². The van der Waals surface area contributed by atoms with Gasteiger partial charge >= 0.3 is 17.9 Å². The highest BCUT2D eigenvalue weighted by molar-refractivity contribution is 5.78.